The molecule has 2 amide bonds. The Morgan fingerprint density at radius 1 is 1.15 bits per heavy atom. The second-order valence-corrected chi connectivity index (χ2v) is 7.19. The van der Waals surface area contributed by atoms with Gasteiger partial charge in [0.2, 0.25) is 0 Å². The lowest BCUT2D eigenvalue weighted by molar-refractivity contribution is 0.0635. The lowest BCUT2D eigenvalue weighted by atomic mass is 10.0. The van der Waals surface area contributed by atoms with Gasteiger partial charge in [-0.3, -0.25) is 9.59 Å². The van der Waals surface area contributed by atoms with Crippen molar-refractivity contribution >= 4 is 11.8 Å². The van der Waals surface area contributed by atoms with Gasteiger partial charge in [-0.25, -0.2) is 0 Å². The highest BCUT2D eigenvalue weighted by Crippen LogP contribution is 2.22. The van der Waals surface area contributed by atoms with Crippen LogP contribution < -0.4 is 5.32 Å². The van der Waals surface area contributed by atoms with Gasteiger partial charge in [0.15, 0.2) is 0 Å². The van der Waals surface area contributed by atoms with Crippen molar-refractivity contribution in [2.75, 3.05) is 6.54 Å². The second kappa shape index (κ2) is 8.25. The van der Waals surface area contributed by atoms with E-state index in [9.17, 15) is 14.7 Å². The van der Waals surface area contributed by atoms with Gasteiger partial charge in [-0.2, -0.15) is 0 Å². The van der Waals surface area contributed by atoms with E-state index in [1.54, 1.807) is 25.1 Å². The summed E-state index contributed by atoms with van der Waals surface area (Å²) in [6, 6.07) is 12.7. The van der Waals surface area contributed by atoms with Crippen molar-refractivity contribution in [2.24, 2.45) is 0 Å². The number of benzene rings is 2. The normalized spacial score (nSPS) is 16.8. The third-order valence-electron chi connectivity index (χ3n) is 5.20. The van der Waals surface area contributed by atoms with Gasteiger partial charge < -0.3 is 15.3 Å². The highest BCUT2D eigenvalue weighted by Gasteiger charge is 2.24. The molecule has 0 spiro atoms. The van der Waals surface area contributed by atoms with Crippen LogP contribution >= 0.6 is 0 Å². The van der Waals surface area contributed by atoms with Crippen LogP contribution in [0.5, 0.6) is 5.75 Å². The average Bonchev–Trinajstić information content (AvgIpc) is 2.68. The Morgan fingerprint density at radius 3 is 2.59 bits per heavy atom. The Bertz CT molecular complexity index is 830. The average molecular weight is 366 g/mol. The van der Waals surface area contributed by atoms with Crippen LogP contribution in [0.25, 0.3) is 0 Å². The number of piperidine rings is 1. The van der Waals surface area contributed by atoms with E-state index < -0.39 is 0 Å². The first-order chi connectivity index (χ1) is 13.0. The quantitative estimate of drug-likeness (QED) is 0.868. The fraction of sp³-hybridized carbons (Fsp3) is 0.364. The molecule has 5 nitrogen and oxygen atoms in total. The molecular formula is C22H26N2O3. The Hall–Kier alpha value is -2.82. The summed E-state index contributed by atoms with van der Waals surface area (Å²) < 4.78 is 0. The van der Waals surface area contributed by atoms with Crippen molar-refractivity contribution in [3.8, 4) is 5.75 Å². The molecule has 1 aliphatic rings. The first-order valence-corrected chi connectivity index (χ1v) is 9.44. The number of carbonyl (C=O) groups is 2. The number of nitrogens with one attached hydrogen (secondary N) is 1. The molecule has 0 bridgehead atoms. The molecular weight excluding hydrogens is 340 g/mol. The van der Waals surface area contributed by atoms with Crippen molar-refractivity contribution in [1.29, 1.82) is 0 Å². The van der Waals surface area contributed by atoms with Crippen molar-refractivity contribution in [2.45, 2.75) is 45.7 Å². The Morgan fingerprint density at radius 2 is 1.89 bits per heavy atom. The summed E-state index contributed by atoms with van der Waals surface area (Å²) in [4.78, 5) is 26.9. The molecule has 27 heavy (non-hydrogen) atoms. The van der Waals surface area contributed by atoms with Crippen molar-refractivity contribution in [3.63, 3.8) is 0 Å². The minimum Gasteiger partial charge on any atom is -0.507 e. The zero-order chi connectivity index (χ0) is 19.4. The molecule has 2 N–H and O–H groups in total. The Labute approximate surface area is 160 Å². The molecule has 2 aromatic rings. The number of likely N-dealkylation sites (tertiary alicyclic amines) is 1. The number of rotatable bonds is 4. The maximum Gasteiger partial charge on any atom is 0.255 e. The first kappa shape index (κ1) is 19.0. The van der Waals surface area contributed by atoms with Crippen LogP contribution in [0, 0.1) is 6.92 Å². The van der Waals surface area contributed by atoms with Gasteiger partial charge in [-0.15, -0.1) is 0 Å². The molecule has 142 valence electrons. The van der Waals surface area contributed by atoms with Gasteiger partial charge in [0.1, 0.15) is 5.75 Å². The van der Waals surface area contributed by atoms with E-state index in [-0.39, 0.29) is 29.2 Å². The van der Waals surface area contributed by atoms with Crippen LogP contribution in [-0.4, -0.2) is 34.4 Å². The van der Waals surface area contributed by atoms with E-state index in [0.717, 1.165) is 24.9 Å². The summed E-state index contributed by atoms with van der Waals surface area (Å²) in [6.07, 6.45) is 3.30. The zero-order valence-corrected chi connectivity index (χ0v) is 15.9. The van der Waals surface area contributed by atoms with Crippen LogP contribution in [0.1, 0.15) is 58.0 Å². The second-order valence-electron chi connectivity index (χ2n) is 7.19. The van der Waals surface area contributed by atoms with Crippen molar-refractivity contribution in [3.05, 3.63) is 64.7 Å². The number of carbonyl (C=O) groups excluding carboxylic acids is 2. The number of hydrogen-bond acceptors (Lipinski definition) is 3. The third-order valence-corrected chi connectivity index (χ3v) is 5.20. The van der Waals surface area contributed by atoms with E-state index in [0.29, 0.717) is 17.7 Å². The van der Waals surface area contributed by atoms with E-state index in [1.165, 1.54) is 6.42 Å². The molecule has 2 aromatic carbocycles. The van der Waals surface area contributed by atoms with Gasteiger partial charge in [-0.1, -0.05) is 24.3 Å². The van der Waals surface area contributed by atoms with E-state index in [4.69, 9.17) is 0 Å². The number of hydrogen-bond donors (Lipinski definition) is 2. The van der Waals surface area contributed by atoms with Crippen LogP contribution in [0.15, 0.2) is 42.5 Å². The molecule has 5 heteroatoms. The Kier molecular flexibility index (Phi) is 5.79. The maximum absolute atomic E-state index is 12.7. The van der Waals surface area contributed by atoms with Crippen LogP contribution in [0.4, 0.5) is 0 Å². The number of phenolic OH excluding ortho intramolecular Hbond substituents is 1. The standard InChI is InChI=1S/C22H26N2O3/c1-15-6-5-8-19(20(15)25)21(26)23-14-17-9-11-18(12-10-17)22(27)24-13-4-3-7-16(24)2/h5-6,8-12,16,25H,3-4,7,13-14H2,1-2H3,(H,23,26)/t16-/m1/s1. The van der Waals surface area contributed by atoms with Crippen LogP contribution in [-0.2, 0) is 6.54 Å². The molecule has 0 radical (unpaired) electrons. The molecule has 0 saturated carbocycles. The first-order valence-electron chi connectivity index (χ1n) is 9.44. The third kappa shape index (κ3) is 4.30. The molecule has 1 atom stereocenters. The highest BCUT2D eigenvalue weighted by molar-refractivity contribution is 5.97. The predicted octanol–water partition coefficient (Wildman–Crippen LogP) is 3.65. The number of aromatic hydroxyl groups is 1. The number of amides is 2. The fourth-order valence-electron chi connectivity index (χ4n) is 3.45. The fourth-order valence-corrected chi connectivity index (χ4v) is 3.45. The van der Waals surface area contributed by atoms with Gasteiger partial charge in [-0.05, 0) is 62.4 Å². The summed E-state index contributed by atoms with van der Waals surface area (Å²) in [5, 5.41) is 12.8. The van der Waals surface area contributed by atoms with Gasteiger partial charge in [0.05, 0.1) is 5.56 Å². The summed E-state index contributed by atoms with van der Waals surface area (Å²) in [6.45, 7) is 5.01. The number of phenols is 1. The van der Waals surface area contributed by atoms with E-state index in [2.05, 4.69) is 12.2 Å². The number of para-hydroxylation sites is 1. The Balaban J connectivity index is 1.61. The van der Waals surface area contributed by atoms with Gasteiger partial charge in [0.25, 0.3) is 11.8 Å². The monoisotopic (exact) mass is 366 g/mol. The lowest BCUT2D eigenvalue weighted by Gasteiger charge is -2.33. The van der Waals surface area contributed by atoms with Crippen LogP contribution in [0.2, 0.25) is 0 Å². The number of nitrogens with zero attached hydrogens (tertiary/aromatic N) is 1. The summed E-state index contributed by atoms with van der Waals surface area (Å²) in [7, 11) is 0. The minimum absolute atomic E-state index is 0.00611. The molecule has 0 unspecified atom stereocenters. The zero-order valence-electron chi connectivity index (χ0n) is 15.9. The molecule has 1 fully saturated rings. The number of aryl methyl sites for hydroxylation is 1. The minimum atomic E-state index is -0.321. The smallest absolute Gasteiger partial charge is 0.255 e. The van der Waals surface area contributed by atoms with E-state index >= 15 is 0 Å². The summed E-state index contributed by atoms with van der Waals surface area (Å²) in [5.41, 5.74) is 2.51. The highest BCUT2D eigenvalue weighted by atomic mass is 16.3. The molecule has 1 heterocycles. The topological polar surface area (TPSA) is 69.6 Å². The molecule has 1 saturated heterocycles. The van der Waals surface area contributed by atoms with Crippen LogP contribution in [0.3, 0.4) is 0 Å². The molecule has 1 aliphatic heterocycles. The largest absolute Gasteiger partial charge is 0.507 e. The van der Waals surface area contributed by atoms with Crippen molar-refractivity contribution < 1.29 is 14.7 Å². The molecule has 3 rings (SSSR count). The van der Waals surface area contributed by atoms with Crippen molar-refractivity contribution in [1.82, 2.24) is 10.2 Å². The lowest BCUT2D eigenvalue weighted by Crippen LogP contribution is -2.42. The molecule has 0 aromatic heterocycles. The SMILES string of the molecule is Cc1cccc(C(=O)NCc2ccc(C(=O)N3CCCC[C@H]3C)cc2)c1O. The maximum atomic E-state index is 12.7. The summed E-state index contributed by atoms with van der Waals surface area (Å²) in [5.74, 6) is -0.243. The molecule has 0 aliphatic carbocycles. The van der Waals surface area contributed by atoms with E-state index in [1.807, 2.05) is 29.2 Å². The predicted molar refractivity (Wildman–Crippen MR) is 105 cm³/mol. The van der Waals surface area contributed by atoms with Gasteiger partial charge in [0, 0.05) is 24.7 Å². The summed E-state index contributed by atoms with van der Waals surface area (Å²) >= 11 is 0. The van der Waals surface area contributed by atoms with Gasteiger partial charge >= 0.3 is 0 Å².